The third-order valence-corrected chi connectivity index (χ3v) is 4.07. The van der Waals surface area contributed by atoms with Crippen LogP contribution in [0.2, 0.25) is 10.0 Å². The summed E-state index contributed by atoms with van der Waals surface area (Å²) in [7, 11) is 0. The number of rotatable bonds is 6. The maximum Gasteiger partial charge on any atom is 0.120 e. The van der Waals surface area contributed by atoms with E-state index in [2.05, 4.69) is 17.4 Å². The summed E-state index contributed by atoms with van der Waals surface area (Å²) in [6.07, 6.45) is 2.59. The van der Waals surface area contributed by atoms with Crippen molar-refractivity contribution in [2.75, 3.05) is 0 Å². The maximum absolute atomic E-state index is 6.14. The standard InChI is InChI=1S/C17H17Cl2NO/c18-14-5-4-13(17(19)9-14)11-21-16-3-1-2-12(8-16)10-20-15-6-7-15/h1-5,8-9,15,20H,6-7,10-11H2. The second kappa shape index (κ2) is 6.69. The monoisotopic (exact) mass is 321 g/mol. The Morgan fingerprint density at radius 1 is 1.10 bits per heavy atom. The molecule has 2 aromatic rings. The van der Waals surface area contributed by atoms with Crippen LogP contribution in [0.4, 0.5) is 0 Å². The van der Waals surface area contributed by atoms with Crippen LogP contribution >= 0.6 is 23.2 Å². The van der Waals surface area contributed by atoms with Crippen molar-refractivity contribution in [2.24, 2.45) is 0 Å². The van der Waals surface area contributed by atoms with Crippen molar-refractivity contribution in [3.05, 3.63) is 63.6 Å². The van der Waals surface area contributed by atoms with Gasteiger partial charge >= 0.3 is 0 Å². The van der Waals surface area contributed by atoms with Crippen LogP contribution in [-0.4, -0.2) is 6.04 Å². The Kier molecular flexibility index (Phi) is 4.69. The highest BCUT2D eigenvalue weighted by molar-refractivity contribution is 6.35. The van der Waals surface area contributed by atoms with Crippen molar-refractivity contribution in [3.8, 4) is 5.75 Å². The predicted octanol–water partition coefficient (Wildman–Crippen LogP) is 4.82. The summed E-state index contributed by atoms with van der Waals surface area (Å²) < 4.78 is 5.82. The van der Waals surface area contributed by atoms with Crippen LogP contribution in [0.1, 0.15) is 24.0 Å². The molecule has 0 aliphatic heterocycles. The summed E-state index contributed by atoms with van der Waals surface area (Å²) in [4.78, 5) is 0. The van der Waals surface area contributed by atoms with Crippen LogP contribution in [0.15, 0.2) is 42.5 Å². The van der Waals surface area contributed by atoms with Crippen LogP contribution in [0.25, 0.3) is 0 Å². The zero-order valence-electron chi connectivity index (χ0n) is 11.6. The van der Waals surface area contributed by atoms with Crippen molar-refractivity contribution in [1.82, 2.24) is 5.32 Å². The van der Waals surface area contributed by atoms with E-state index >= 15 is 0 Å². The van der Waals surface area contributed by atoms with Gasteiger partial charge in [-0.25, -0.2) is 0 Å². The molecule has 4 heteroatoms. The van der Waals surface area contributed by atoms with E-state index in [4.69, 9.17) is 27.9 Å². The van der Waals surface area contributed by atoms with E-state index in [9.17, 15) is 0 Å². The van der Waals surface area contributed by atoms with E-state index in [-0.39, 0.29) is 0 Å². The average Bonchev–Trinajstić information content (AvgIpc) is 3.29. The quantitative estimate of drug-likeness (QED) is 0.823. The Bertz CT molecular complexity index is 626. The molecule has 2 nitrogen and oxygen atoms in total. The molecule has 0 atom stereocenters. The van der Waals surface area contributed by atoms with Crippen LogP contribution in [0, 0.1) is 0 Å². The zero-order valence-corrected chi connectivity index (χ0v) is 13.1. The Hall–Kier alpha value is -1.22. The van der Waals surface area contributed by atoms with Gasteiger partial charge in [0.05, 0.1) is 0 Å². The molecule has 0 saturated heterocycles. The van der Waals surface area contributed by atoms with Gasteiger partial charge in [0.15, 0.2) is 0 Å². The second-order valence-electron chi connectivity index (χ2n) is 5.33. The van der Waals surface area contributed by atoms with Crippen molar-refractivity contribution >= 4 is 23.2 Å². The fourth-order valence-corrected chi connectivity index (χ4v) is 2.56. The van der Waals surface area contributed by atoms with Gasteiger partial charge < -0.3 is 10.1 Å². The molecule has 1 fully saturated rings. The van der Waals surface area contributed by atoms with E-state index in [0.717, 1.165) is 17.9 Å². The topological polar surface area (TPSA) is 21.3 Å². The molecule has 1 N–H and O–H groups in total. The lowest BCUT2D eigenvalue weighted by molar-refractivity contribution is 0.306. The zero-order chi connectivity index (χ0) is 14.7. The molecule has 0 spiro atoms. The van der Waals surface area contributed by atoms with Crippen molar-refractivity contribution in [1.29, 1.82) is 0 Å². The average molecular weight is 322 g/mol. The summed E-state index contributed by atoms with van der Waals surface area (Å²) in [6.45, 7) is 1.33. The first-order valence-electron chi connectivity index (χ1n) is 7.10. The summed E-state index contributed by atoms with van der Waals surface area (Å²) in [5.74, 6) is 0.858. The molecule has 1 aliphatic rings. The molecule has 0 amide bonds. The van der Waals surface area contributed by atoms with E-state index < -0.39 is 0 Å². The van der Waals surface area contributed by atoms with Gasteiger partial charge in [0.25, 0.3) is 0 Å². The molecule has 0 radical (unpaired) electrons. The van der Waals surface area contributed by atoms with Crippen LogP contribution < -0.4 is 10.1 Å². The Labute approximate surface area is 135 Å². The number of hydrogen-bond donors (Lipinski definition) is 1. The fraction of sp³-hybridized carbons (Fsp3) is 0.294. The Balaban J connectivity index is 1.60. The summed E-state index contributed by atoms with van der Waals surface area (Å²) >= 11 is 12.0. The van der Waals surface area contributed by atoms with Gasteiger partial charge in [-0.05, 0) is 42.7 Å². The molecule has 3 rings (SSSR count). The Morgan fingerprint density at radius 2 is 1.95 bits per heavy atom. The van der Waals surface area contributed by atoms with Crippen molar-refractivity contribution < 1.29 is 4.74 Å². The normalized spacial score (nSPS) is 14.2. The minimum Gasteiger partial charge on any atom is -0.489 e. The highest BCUT2D eigenvalue weighted by Crippen LogP contribution is 2.23. The molecule has 1 saturated carbocycles. The van der Waals surface area contributed by atoms with E-state index in [0.29, 0.717) is 22.7 Å². The SMILES string of the molecule is Clc1ccc(COc2cccc(CNC3CC3)c2)c(Cl)c1. The minimum atomic E-state index is 0.440. The van der Waals surface area contributed by atoms with Crippen molar-refractivity contribution in [2.45, 2.75) is 32.0 Å². The first-order valence-corrected chi connectivity index (χ1v) is 7.85. The molecule has 1 aliphatic carbocycles. The van der Waals surface area contributed by atoms with E-state index in [1.807, 2.05) is 24.3 Å². The maximum atomic E-state index is 6.14. The second-order valence-corrected chi connectivity index (χ2v) is 6.17. The molecule has 110 valence electrons. The van der Waals surface area contributed by atoms with Gasteiger partial charge in [0.1, 0.15) is 12.4 Å². The molecular formula is C17H17Cl2NO. The smallest absolute Gasteiger partial charge is 0.120 e. The lowest BCUT2D eigenvalue weighted by atomic mass is 10.2. The van der Waals surface area contributed by atoms with Crippen molar-refractivity contribution in [3.63, 3.8) is 0 Å². The van der Waals surface area contributed by atoms with Crippen LogP contribution in [-0.2, 0) is 13.2 Å². The summed E-state index contributed by atoms with van der Waals surface area (Å²) in [6, 6.07) is 14.3. The predicted molar refractivity (Wildman–Crippen MR) is 87.1 cm³/mol. The number of nitrogens with one attached hydrogen (secondary N) is 1. The van der Waals surface area contributed by atoms with Gasteiger partial charge in [-0.15, -0.1) is 0 Å². The van der Waals surface area contributed by atoms with Crippen LogP contribution in [0.3, 0.4) is 0 Å². The highest BCUT2D eigenvalue weighted by atomic mass is 35.5. The lowest BCUT2D eigenvalue weighted by Crippen LogP contribution is -2.15. The van der Waals surface area contributed by atoms with Gasteiger partial charge in [-0.3, -0.25) is 0 Å². The first-order chi connectivity index (χ1) is 10.2. The number of hydrogen-bond acceptors (Lipinski definition) is 2. The molecule has 0 aromatic heterocycles. The molecule has 2 aromatic carbocycles. The van der Waals surface area contributed by atoms with Gasteiger partial charge in [0.2, 0.25) is 0 Å². The fourth-order valence-electron chi connectivity index (χ4n) is 2.09. The largest absolute Gasteiger partial charge is 0.489 e. The highest BCUT2D eigenvalue weighted by Gasteiger charge is 2.19. The van der Waals surface area contributed by atoms with Gasteiger partial charge in [0, 0.05) is 28.2 Å². The summed E-state index contributed by atoms with van der Waals surface area (Å²) in [5, 5.41) is 4.77. The third kappa shape index (κ3) is 4.37. The minimum absolute atomic E-state index is 0.440. The van der Waals surface area contributed by atoms with Gasteiger partial charge in [-0.1, -0.05) is 41.4 Å². The summed E-state index contributed by atoms with van der Waals surface area (Å²) in [5.41, 5.74) is 2.17. The van der Waals surface area contributed by atoms with E-state index in [1.54, 1.807) is 6.07 Å². The van der Waals surface area contributed by atoms with Crippen LogP contribution in [0.5, 0.6) is 5.75 Å². The molecule has 0 bridgehead atoms. The molecular weight excluding hydrogens is 305 g/mol. The first kappa shape index (κ1) is 14.7. The molecule has 0 unspecified atom stereocenters. The third-order valence-electron chi connectivity index (χ3n) is 3.48. The lowest BCUT2D eigenvalue weighted by Gasteiger charge is -2.10. The number of halogens is 2. The molecule has 0 heterocycles. The molecule has 21 heavy (non-hydrogen) atoms. The number of ether oxygens (including phenoxy) is 1. The van der Waals surface area contributed by atoms with Gasteiger partial charge in [-0.2, -0.15) is 0 Å². The van der Waals surface area contributed by atoms with E-state index in [1.165, 1.54) is 18.4 Å². The Morgan fingerprint density at radius 3 is 2.71 bits per heavy atom. The number of benzene rings is 2.